The molecule has 0 unspecified atom stereocenters. The van der Waals surface area contributed by atoms with Crippen LogP contribution in [0.2, 0.25) is 0 Å². The normalized spacial score (nSPS) is 11.4. The fourth-order valence-corrected chi connectivity index (χ4v) is 3.00. The van der Waals surface area contributed by atoms with Gasteiger partial charge in [-0.25, -0.2) is 0 Å². The van der Waals surface area contributed by atoms with Gasteiger partial charge in [-0.1, -0.05) is 61.5 Å². The molecular formula is C19H15N. The Kier molecular flexibility index (Phi) is 2.46. The minimum atomic E-state index is 0.969. The zero-order valence-corrected chi connectivity index (χ0v) is 11.4. The first-order valence-electron chi connectivity index (χ1n) is 7.07. The second kappa shape index (κ2) is 4.31. The van der Waals surface area contributed by atoms with Gasteiger partial charge in [-0.15, -0.1) is 0 Å². The van der Waals surface area contributed by atoms with Crippen LogP contribution < -0.4 is 0 Å². The second-order valence-electron chi connectivity index (χ2n) is 5.14. The lowest BCUT2D eigenvalue weighted by molar-refractivity contribution is 1.06. The molecule has 0 amide bonds. The summed E-state index contributed by atoms with van der Waals surface area (Å²) in [5, 5.41) is 6.38. The largest absolute Gasteiger partial charge is 0.252 e. The molecular weight excluding hydrogens is 242 g/mol. The highest BCUT2D eigenvalue weighted by Gasteiger charge is 2.08. The quantitative estimate of drug-likeness (QED) is 0.432. The molecule has 0 N–H and O–H groups in total. The number of rotatable bonds is 1. The lowest BCUT2D eigenvalue weighted by Crippen LogP contribution is -1.90. The highest BCUT2D eigenvalue weighted by atomic mass is 14.7. The molecule has 4 rings (SSSR count). The van der Waals surface area contributed by atoms with Crippen molar-refractivity contribution in [3.8, 4) is 0 Å². The van der Waals surface area contributed by atoms with Crippen LogP contribution in [-0.2, 0) is 6.42 Å². The summed E-state index contributed by atoms with van der Waals surface area (Å²) in [5.41, 5.74) is 2.27. The first-order chi connectivity index (χ1) is 9.88. The van der Waals surface area contributed by atoms with Gasteiger partial charge in [0.25, 0.3) is 0 Å². The third-order valence-electron chi connectivity index (χ3n) is 4.00. The lowest BCUT2D eigenvalue weighted by atomic mass is 9.97. The van der Waals surface area contributed by atoms with Crippen LogP contribution in [-0.4, -0.2) is 4.98 Å². The molecule has 0 saturated heterocycles. The first-order valence-corrected chi connectivity index (χ1v) is 7.07. The van der Waals surface area contributed by atoms with Crippen LogP contribution in [0.4, 0.5) is 0 Å². The van der Waals surface area contributed by atoms with E-state index < -0.39 is 0 Å². The fraction of sp³-hybridized carbons (Fsp3) is 0.105. The average Bonchev–Trinajstić information content (AvgIpc) is 2.54. The number of hydrogen-bond acceptors (Lipinski definition) is 1. The molecule has 0 radical (unpaired) electrons. The van der Waals surface area contributed by atoms with E-state index in [4.69, 9.17) is 4.98 Å². The zero-order valence-electron chi connectivity index (χ0n) is 11.4. The molecule has 0 aliphatic rings. The number of benzene rings is 3. The summed E-state index contributed by atoms with van der Waals surface area (Å²) in [6.45, 7) is 2.15. The molecule has 0 saturated carbocycles. The predicted octanol–water partition coefficient (Wildman–Crippen LogP) is 5.10. The maximum atomic E-state index is 4.87. The number of aryl methyl sites for hydroxylation is 1. The van der Waals surface area contributed by atoms with Gasteiger partial charge >= 0.3 is 0 Å². The summed E-state index contributed by atoms with van der Waals surface area (Å²) in [5.74, 6) is 0. The van der Waals surface area contributed by atoms with Crippen LogP contribution in [0.5, 0.6) is 0 Å². The molecule has 0 aliphatic carbocycles. The summed E-state index contributed by atoms with van der Waals surface area (Å²) in [6, 6.07) is 21.5. The van der Waals surface area contributed by atoms with Gasteiger partial charge in [0.05, 0.1) is 5.52 Å². The van der Waals surface area contributed by atoms with Gasteiger partial charge in [-0.2, -0.15) is 0 Å². The standard InChI is InChI=1S/C19H15N/c1-2-13-11-12-18-16-9-4-3-7-14(16)15-8-5-6-10-17(15)19(18)20-13/h3-12H,2H2,1H3. The van der Waals surface area contributed by atoms with Gasteiger partial charge in [-0.05, 0) is 28.6 Å². The monoisotopic (exact) mass is 257 g/mol. The van der Waals surface area contributed by atoms with Crippen molar-refractivity contribution < 1.29 is 0 Å². The number of hydrogen-bond donors (Lipinski definition) is 0. The second-order valence-corrected chi connectivity index (χ2v) is 5.14. The molecule has 3 aromatic carbocycles. The highest BCUT2D eigenvalue weighted by Crippen LogP contribution is 2.33. The van der Waals surface area contributed by atoms with Crippen molar-refractivity contribution in [2.45, 2.75) is 13.3 Å². The molecule has 0 fully saturated rings. The molecule has 20 heavy (non-hydrogen) atoms. The van der Waals surface area contributed by atoms with Crippen molar-refractivity contribution in [3.05, 3.63) is 66.4 Å². The van der Waals surface area contributed by atoms with Crippen LogP contribution in [0.3, 0.4) is 0 Å². The Morgan fingerprint density at radius 3 is 1.75 bits per heavy atom. The van der Waals surface area contributed by atoms with E-state index in [1.54, 1.807) is 0 Å². The molecule has 96 valence electrons. The van der Waals surface area contributed by atoms with Crippen LogP contribution in [0.15, 0.2) is 60.7 Å². The molecule has 1 aromatic heterocycles. The highest BCUT2D eigenvalue weighted by molar-refractivity contribution is 6.24. The van der Waals surface area contributed by atoms with Gasteiger partial charge in [0.2, 0.25) is 0 Å². The van der Waals surface area contributed by atoms with Crippen LogP contribution >= 0.6 is 0 Å². The fourth-order valence-electron chi connectivity index (χ4n) is 3.00. The van der Waals surface area contributed by atoms with Crippen molar-refractivity contribution >= 4 is 32.4 Å². The van der Waals surface area contributed by atoms with E-state index in [0.29, 0.717) is 0 Å². The Balaban J connectivity index is 2.35. The van der Waals surface area contributed by atoms with Gasteiger partial charge in [0.15, 0.2) is 0 Å². The van der Waals surface area contributed by atoms with Crippen molar-refractivity contribution in [1.29, 1.82) is 0 Å². The number of fused-ring (bicyclic) bond motifs is 6. The minimum Gasteiger partial charge on any atom is -0.252 e. The Bertz CT molecular complexity index is 903. The minimum absolute atomic E-state index is 0.969. The van der Waals surface area contributed by atoms with Crippen LogP contribution in [0.1, 0.15) is 12.6 Å². The van der Waals surface area contributed by atoms with E-state index >= 15 is 0 Å². The van der Waals surface area contributed by atoms with Crippen molar-refractivity contribution in [1.82, 2.24) is 4.98 Å². The molecule has 0 atom stereocenters. The Labute approximate surface area is 117 Å². The zero-order chi connectivity index (χ0) is 13.5. The number of pyridine rings is 1. The summed E-state index contributed by atoms with van der Waals surface area (Å²) in [4.78, 5) is 4.87. The third-order valence-corrected chi connectivity index (χ3v) is 4.00. The molecule has 0 spiro atoms. The SMILES string of the molecule is CCc1ccc2c3ccccc3c3ccccc3c2n1. The molecule has 0 aliphatic heterocycles. The Morgan fingerprint density at radius 1 is 0.650 bits per heavy atom. The van der Waals surface area contributed by atoms with Crippen molar-refractivity contribution in [2.75, 3.05) is 0 Å². The summed E-state index contributed by atoms with van der Waals surface area (Å²) in [6.07, 6.45) is 0.969. The summed E-state index contributed by atoms with van der Waals surface area (Å²) in [7, 11) is 0. The average molecular weight is 257 g/mol. The summed E-state index contributed by atoms with van der Waals surface area (Å²) >= 11 is 0. The Hall–Kier alpha value is -2.41. The van der Waals surface area contributed by atoms with E-state index in [0.717, 1.165) is 17.6 Å². The maximum absolute atomic E-state index is 4.87. The van der Waals surface area contributed by atoms with Crippen LogP contribution in [0.25, 0.3) is 32.4 Å². The lowest BCUT2D eigenvalue weighted by Gasteiger charge is -2.10. The van der Waals surface area contributed by atoms with Crippen LogP contribution in [0, 0.1) is 0 Å². The van der Waals surface area contributed by atoms with Gasteiger partial charge < -0.3 is 0 Å². The molecule has 0 bridgehead atoms. The topological polar surface area (TPSA) is 12.9 Å². The molecule has 1 heterocycles. The van der Waals surface area contributed by atoms with Gasteiger partial charge in [-0.3, -0.25) is 4.98 Å². The van der Waals surface area contributed by atoms with Crippen molar-refractivity contribution in [3.63, 3.8) is 0 Å². The predicted molar refractivity (Wildman–Crippen MR) is 86.1 cm³/mol. The van der Waals surface area contributed by atoms with E-state index in [-0.39, 0.29) is 0 Å². The maximum Gasteiger partial charge on any atom is 0.0790 e. The first kappa shape index (κ1) is 11.4. The molecule has 4 aromatic rings. The summed E-state index contributed by atoms with van der Waals surface area (Å²) < 4.78 is 0. The number of aromatic nitrogens is 1. The van der Waals surface area contributed by atoms with E-state index in [9.17, 15) is 0 Å². The van der Waals surface area contributed by atoms with Gasteiger partial charge in [0, 0.05) is 16.5 Å². The van der Waals surface area contributed by atoms with E-state index in [2.05, 4.69) is 67.6 Å². The smallest absolute Gasteiger partial charge is 0.0790 e. The van der Waals surface area contributed by atoms with Gasteiger partial charge in [0.1, 0.15) is 0 Å². The molecule has 1 heteroatoms. The Morgan fingerprint density at radius 2 is 1.15 bits per heavy atom. The number of nitrogens with zero attached hydrogens (tertiary/aromatic N) is 1. The van der Waals surface area contributed by atoms with E-state index in [1.807, 2.05) is 0 Å². The third kappa shape index (κ3) is 1.53. The van der Waals surface area contributed by atoms with Crippen molar-refractivity contribution in [2.24, 2.45) is 0 Å². The molecule has 1 nitrogen and oxygen atoms in total. The van der Waals surface area contributed by atoms with E-state index in [1.165, 1.54) is 26.9 Å².